The van der Waals surface area contributed by atoms with E-state index in [9.17, 15) is 9.90 Å². The zero-order chi connectivity index (χ0) is 26.3. The number of pyridine rings is 1. The second-order valence-electron chi connectivity index (χ2n) is 10.7. The van der Waals surface area contributed by atoms with Gasteiger partial charge in [-0.3, -0.25) is 9.78 Å². The Balaban J connectivity index is 1.28. The summed E-state index contributed by atoms with van der Waals surface area (Å²) in [5.74, 6) is 1.06. The van der Waals surface area contributed by atoms with E-state index < -0.39 is 12.2 Å². The van der Waals surface area contributed by atoms with Crippen LogP contribution in [0.1, 0.15) is 56.3 Å². The maximum Gasteiger partial charge on any atom is 0.264 e. The molecule has 0 bridgehead atoms. The van der Waals surface area contributed by atoms with Crippen molar-refractivity contribution in [2.45, 2.75) is 63.7 Å². The number of nitrogens with one attached hydrogen (secondary N) is 2. The number of H-pyrrole nitrogens is 1. The first-order chi connectivity index (χ1) is 18.6. The summed E-state index contributed by atoms with van der Waals surface area (Å²) in [5.41, 5.74) is 2.91. The van der Waals surface area contributed by atoms with Crippen molar-refractivity contribution in [3.05, 3.63) is 60.0 Å². The van der Waals surface area contributed by atoms with Gasteiger partial charge in [0.1, 0.15) is 5.75 Å². The van der Waals surface area contributed by atoms with Crippen molar-refractivity contribution in [1.29, 1.82) is 0 Å². The van der Waals surface area contributed by atoms with E-state index in [1.807, 2.05) is 35.4 Å². The van der Waals surface area contributed by atoms with E-state index in [2.05, 4.69) is 28.3 Å². The SMILES string of the molecule is C[C@H](Cc1c[nH]c2c(O[C@H](C(=O)N3CCOCC3)C3CCCCC3)cccc12)NC[C@H](O)c1cccnc1. The fraction of sp³-hybridized carbons (Fsp3) is 0.533. The molecular weight excluding hydrogens is 480 g/mol. The number of aromatic nitrogens is 2. The van der Waals surface area contributed by atoms with Crippen LogP contribution in [0.2, 0.25) is 0 Å². The summed E-state index contributed by atoms with van der Waals surface area (Å²) in [5, 5.41) is 15.0. The summed E-state index contributed by atoms with van der Waals surface area (Å²) in [6.07, 6.45) is 10.7. The smallest absolute Gasteiger partial charge is 0.264 e. The number of rotatable bonds is 10. The molecular formula is C30H40N4O4. The molecule has 1 aromatic carbocycles. The summed E-state index contributed by atoms with van der Waals surface area (Å²) in [6, 6.07) is 9.96. The number of morpholine rings is 1. The zero-order valence-electron chi connectivity index (χ0n) is 22.3. The van der Waals surface area contributed by atoms with Crippen LogP contribution in [0.4, 0.5) is 0 Å². The zero-order valence-corrected chi connectivity index (χ0v) is 22.3. The number of para-hydroxylation sites is 1. The molecule has 38 heavy (non-hydrogen) atoms. The predicted molar refractivity (Wildman–Crippen MR) is 147 cm³/mol. The second-order valence-corrected chi connectivity index (χ2v) is 10.7. The Hall–Kier alpha value is -2.94. The quantitative estimate of drug-likeness (QED) is 0.374. The molecule has 1 saturated carbocycles. The standard InChI is InChI=1S/C30H40N4O4/c1-21(32-20-26(35)23-9-6-12-31-18-23)17-24-19-33-28-25(24)10-5-11-27(28)38-29(22-7-3-2-4-8-22)30(36)34-13-15-37-16-14-34/h5-6,9-12,18-19,21-22,26,29,32-33,35H,2-4,7-8,13-17,20H2,1H3/t21-,26+,29+/m1/s1. The van der Waals surface area contributed by atoms with Crippen molar-refractivity contribution in [1.82, 2.24) is 20.2 Å². The average Bonchev–Trinajstić information content (AvgIpc) is 3.39. The molecule has 3 heterocycles. The first-order valence-corrected chi connectivity index (χ1v) is 14.0. The van der Waals surface area contributed by atoms with Crippen LogP contribution < -0.4 is 10.1 Å². The number of nitrogens with zero attached hydrogens (tertiary/aromatic N) is 2. The van der Waals surface area contributed by atoms with Gasteiger partial charge in [-0.1, -0.05) is 37.5 Å². The van der Waals surface area contributed by atoms with Gasteiger partial charge in [0.2, 0.25) is 0 Å². The number of hydrogen-bond donors (Lipinski definition) is 3. The molecule has 0 unspecified atom stereocenters. The lowest BCUT2D eigenvalue weighted by atomic mass is 9.84. The van der Waals surface area contributed by atoms with Gasteiger partial charge in [0.25, 0.3) is 5.91 Å². The fourth-order valence-corrected chi connectivity index (χ4v) is 5.74. The van der Waals surface area contributed by atoms with Crippen LogP contribution in [0.25, 0.3) is 10.9 Å². The van der Waals surface area contributed by atoms with Crippen molar-refractivity contribution in [2.24, 2.45) is 5.92 Å². The van der Waals surface area contributed by atoms with E-state index in [1.54, 1.807) is 12.4 Å². The van der Waals surface area contributed by atoms with Gasteiger partial charge in [0, 0.05) is 61.1 Å². The Labute approximate surface area is 224 Å². The van der Waals surface area contributed by atoms with E-state index in [0.29, 0.717) is 32.8 Å². The van der Waals surface area contributed by atoms with Crippen molar-refractivity contribution < 1.29 is 19.4 Å². The maximum absolute atomic E-state index is 13.6. The average molecular weight is 521 g/mol. The molecule has 3 atom stereocenters. The number of carbonyl (C=O) groups excluding carboxylic acids is 1. The highest BCUT2D eigenvalue weighted by molar-refractivity contribution is 5.89. The van der Waals surface area contributed by atoms with Crippen LogP contribution >= 0.6 is 0 Å². The first-order valence-electron chi connectivity index (χ1n) is 14.0. The number of aromatic amines is 1. The van der Waals surface area contributed by atoms with E-state index in [-0.39, 0.29) is 17.9 Å². The van der Waals surface area contributed by atoms with Gasteiger partial charge < -0.3 is 29.8 Å². The number of fused-ring (bicyclic) bond motifs is 1. The van der Waals surface area contributed by atoms with Gasteiger partial charge in [0.05, 0.1) is 24.8 Å². The van der Waals surface area contributed by atoms with Crippen LogP contribution in [0.3, 0.4) is 0 Å². The Morgan fingerprint density at radius 1 is 1.21 bits per heavy atom. The Kier molecular flexibility index (Phi) is 8.94. The number of hydrogen-bond acceptors (Lipinski definition) is 6. The van der Waals surface area contributed by atoms with E-state index >= 15 is 0 Å². The van der Waals surface area contributed by atoms with Crippen LogP contribution in [-0.4, -0.2) is 70.9 Å². The molecule has 1 amide bonds. The number of aliphatic hydroxyl groups excluding tert-OH is 1. The lowest BCUT2D eigenvalue weighted by Gasteiger charge is -2.35. The highest BCUT2D eigenvalue weighted by atomic mass is 16.5. The molecule has 8 nitrogen and oxygen atoms in total. The molecule has 8 heteroatoms. The molecule has 1 aliphatic heterocycles. The summed E-state index contributed by atoms with van der Waals surface area (Å²) >= 11 is 0. The normalized spacial score (nSPS) is 19.3. The third kappa shape index (κ3) is 6.37. The molecule has 2 aromatic heterocycles. The molecule has 3 aromatic rings. The summed E-state index contributed by atoms with van der Waals surface area (Å²) in [6.45, 7) is 5.01. The van der Waals surface area contributed by atoms with Crippen LogP contribution in [0.15, 0.2) is 48.9 Å². The highest BCUT2D eigenvalue weighted by Crippen LogP contribution is 2.34. The van der Waals surface area contributed by atoms with Crippen LogP contribution in [-0.2, 0) is 16.0 Å². The minimum atomic E-state index is -0.602. The third-order valence-electron chi connectivity index (χ3n) is 7.92. The van der Waals surface area contributed by atoms with Crippen LogP contribution in [0.5, 0.6) is 5.75 Å². The number of aliphatic hydroxyl groups is 1. The molecule has 5 rings (SSSR count). The molecule has 1 aliphatic carbocycles. The Morgan fingerprint density at radius 3 is 2.79 bits per heavy atom. The van der Waals surface area contributed by atoms with Gasteiger partial charge >= 0.3 is 0 Å². The monoisotopic (exact) mass is 520 g/mol. The second kappa shape index (κ2) is 12.7. The van der Waals surface area contributed by atoms with E-state index in [0.717, 1.165) is 54.3 Å². The third-order valence-corrected chi connectivity index (χ3v) is 7.92. The first kappa shape index (κ1) is 26.7. The molecule has 204 valence electrons. The van der Waals surface area contributed by atoms with E-state index in [4.69, 9.17) is 9.47 Å². The van der Waals surface area contributed by atoms with E-state index in [1.165, 1.54) is 12.0 Å². The van der Waals surface area contributed by atoms with Gasteiger partial charge in [0.15, 0.2) is 6.10 Å². The lowest BCUT2D eigenvalue weighted by molar-refractivity contribution is -0.146. The molecule has 1 saturated heterocycles. The number of benzene rings is 1. The minimum Gasteiger partial charge on any atom is -0.478 e. The molecule has 0 radical (unpaired) electrons. The summed E-state index contributed by atoms with van der Waals surface area (Å²) in [7, 11) is 0. The topological polar surface area (TPSA) is 99.7 Å². The number of ether oxygens (including phenoxy) is 2. The number of carbonyl (C=O) groups is 1. The summed E-state index contributed by atoms with van der Waals surface area (Å²) in [4.78, 5) is 23.0. The van der Waals surface area contributed by atoms with Crippen molar-refractivity contribution >= 4 is 16.8 Å². The summed E-state index contributed by atoms with van der Waals surface area (Å²) < 4.78 is 12.1. The van der Waals surface area contributed by atoms with Gasteiger partial charge in [-0.2, -0.15) is 0 Å². The van der Waals surface area contributed by atoms with Crippen molar-refractivity contribution in [2.75, 3.05) is 32.8 Å². The molecule has 2 fully saturated rings. The largest absolute Gasteiger partial charge is 0.478 e. The van der Waals surface area contributed by atoms with Crippen LogP contribution in [0, 0.1) is 5.92 Å². The van der Waals surface area contributed by atoms with Crippen molar-refractivity contribution in [3.63, 3.8) is 0 Å². The molecule has 3 N–H and O–H groups in total. The Morgan fingerprint density at radius 2 is 2.03 bits per heavy atom. The highest BCUT2D eigenvalue weighted by Gasteiger charge is 2.35. The predicted octanol–water partition coefficient (Wildman–Crippen LogP) is 4.00. The Bertz CT molecular complexity index is 1170. The lowest BCUT2D eigenvalue weighted by Crippen LogP contribution is -2.50. The number of amides is 1. The maximum atomic E-state index is 13.6. The van der Waals surface area contributed by atoms with Gasteiger partial charge in [-0.15, -0.1) is 0 Å². The fourth-order valence-electron chi connectivity index (χ4n) is 5.74. The van der Waals surface area contributed by atoms with Crippen molar-refractivity contribution in [3.8, 4) is 5.75 Å². The molecule has 2 aliphatic rings. The van der Waals surface area contributed by atoms with Gasteiger partial charge in [-0.05, 0) is 43.9 Å². The van der Waals surface area contributed by atoms with Gasteiger partial charge in [-0.25, -0.2) is 0 Å². The molecule has 0 spiro atoms. The minimum absolute atomic E-state index is 0.0916.